The van der Waals surface area contributed by atoms with Crippen molar-refractivity contribution in [2.45, 2.75) is 19.4 Å². The molecule has 106 valence electrons. The van der Waals surface area contributed by atoms with Crippen LogP contribution in [-0.2, 0) is 0 Å². The lowest BCUT2D eigenvalue weighted by Gasteiger charge is -2.20. The zero-order valence-electron chi connectivity index (χ0n) is 11.6. The molecule has 0 radical (unpaired) electrons. The first-order valence-corrected chi connectivity index (χ1v) is 6.57. The van der Waals surface area contributed by atoms with E-state index in [-0.39, 0.29) is 17.5 Å². The van der Waals surface area contributed by atoms with Gasteiger partial charge in [-0.15, -0.1) is 0 Å². The molecule has 0 aliphatic carbocycles. The number of aromatic hydroxyl groups is 2. The number of methoxy groups -OCH3 is 1. The molecule has 0 aromatic heterocycles. The summed E-state index contributed by atoms with van der Waals surface area (Å²) in [7, 11) is 1.51. The fraction of sp³-hybridized carbons (Fsp3) is 0.250. The lowest BCUT2D eigenvalue weighted by Crippen LogP contribution is -2.09. The molecule has 0 saturated carbocycles. The summed E-state index contributed by atoms with van der Waals surface area (Å²) in [6.45, 7) is 2.04. The molecule has 3 N–H and O–H groups in total. The number of nitrogens with one attached hydrogen (secondary N) is 1. The van der Waals surface area contributed by atoms with Crippen molar-refractivity contribution < 1.29 is 14.9 Å². The lowest BCUT2D eigenvalue weighted by atomic mass is 10.0. The largest absolute Gasteiger partial charge is 0.508 e. The van der Waals surface area contributed by atoms with Crippen molar-refractivity contribution in [2.24, 2.45) is 0 Å². The first kappa shape index (κ1) is 14.1. The van der Waals surface area contributed by atoms with E-state index in [1.54, 1.807) is 24.3 Å². The minimum Gasteiger partial charge on any atom is -0.508 e. The molecule has 1 unspecified atom stereocenters. The van der Waals surface area contributed by atoms with E-state index in [9.17, 15) is 10.2 Å². The molecule has 0 bridgehead atoms. The molecular weight excluding hydrogens is 254 g/mol. The molecule has 2 aromatic carbocycles. The molecule has 0 spiro atoms. The molecule has 2 rings (SSSR count). The number of hydrogen-bond acceptors (Lipinski definition) is 4. The predicted molar refractivity (Wildman–Crippen MR) is 79.4 cm³/mol. The zero-order valence-corrected chi connectivity index (χ0v) is 11.6. The van der Waals surface area contributed by atoms with Crippen molar-refractivity contribution in [2.75, 3.05) is 12.4 Å². The van der Waals surface area contributed by atoms with Crippen LogP contribution >= 0.6 is 0 Å². The van der Waals surface area contributed by atoms with E-state index in [1.807, 2.05) is 25.1 Å². The van der Waals surface area contributed by atoms with Gasteiger partial charge >= 0.3 is 0 Å². The molecular formula is C16H19NO3. The monoisotopic (exact) mass is 273 g/mol. The third kappa shape index (κ3) is 2.96. The normalized spacial score (nSPS) is 11.9. The predicted octanol–water partition coefficient (Wildman–Crippen LogP) is 3.67. The van der Waals surface area contributed by atoms with E-state index in [1.165, 1.54) is 7.11 Å². The summed E-state index contributed by atoms with van der Waals surface area (Å²) in [5, 5.41) is 23.0. The van der Waals surface area contributed by atoms with Crippen molar-refractivity contribution >= 4 is 5.69 Å². The molecule has 0 fully saturated rings. The number of phenolic OH excluding ortho intramolecular Hbond substituents is 2. The van der Waals surface area contributed by atoms with Gasteiger partial charge in [0.25, 0.3) is 0 Å². The van der Waals surface area contributed by atoms with Crippen LogP contribution in [0.25, 0.3) is 0 Å². The van der Waals surface area contributed by atoms with Crippen molar-refractivity contribution in [3.63, 3.8) is 0 Å². The minimum atomic E-state index is -0.0241. The Hall–Kier alpha value is -2.36. The molecule has 20 heavy (non-hydrogen) atoms. The zero-order chi connectivity index (χ0) is 14.5. The fourth-order valence-electron chi connectivity index (χ4n) is 2.16. The van der Waals surface area contributed by atoms with Gasteiger partial charge in [-0.25, -0.2) is 0 Å². The number of rotatable bonds is 5. The van der Waals surface area contributed by atoms with Crippen LogP contribution in [0.1, 0.15) is 24.9 Å². The van der Waals surface area contributed by atoms with Crippen molar-refractivity contribution in [3.05, 3.63) is 48.0 Å². The second kappa shape index (κ2) is 6.19. The van der Waals surface area contributed by atoms with E-state index in [0.29, 0.717) is 5.75 Å². The molecule has 0 amide bonds. The van der Waals surface area contributed by atoms with Gasteiger partial charge in [-0.3, -0.25) is 0 Å². The molecule has 0 saturated heterocycles. The van der Waals surface area contributed by atoms with Gasteiger partial charge < -0.3 is 20.3 Å². The molecule has 0 aliphatic heterocycles. The van der Waals surface area contributed by atoms with Crippen LogP contribution in [0.3, 0.4) is 0 Å². The van der Waals surface area contributed by atoms with E-state index in [2.05, 4.69) is 5.32 Å². The lowest BCUT2D eigenvalue weighted by molar-refractivity contribution is 0.373. The quantitative estimate of drug-likeness (QED) is 0.778. The number of para-hydroxylation sites is 1. The number of hydrogen-bond donors (Lipinski definition) is 3. The Morgan fingerprint density at radius 3 is 2.45 bits per heavy atom. The summed E-state index contributed by atoms with van der Waals surface area (Å²) in [5.74, 6) is 0.792. The Balaban J connectivity index is 2.23. The highest BCUT2D eigenvalue weighted by atomic mass is 16.5. The van der Waals surface area contributed by atoms with E-state index in [0.717, 1.165) is 17.7 Å². The van der Waals surface area contributed by atoms with Gasteiger partial charge in [0.2, 0.25) is 0 Å². The van der Waals surface area contributed by atoms with Gasteiger partial charge in [-0.1, -0.05) is 25.1 Å². The summed E-state index contributed by atoms with van der Waals surface area (Å²) in [6.07, 6.45) is 0.810. The number of benzene rings is 2. The standard InChI is InChI=1S/C16H19NO3/c1-3-13(12-6-4-5-7-14(12)18)17-11-8-9-16(20-2)15(19)10-11/h4-10,13,17-19H,3H2,1-2H3. The van der Waals surface area contributed by atoms with E-state index in [4.69, 9.17) is 4.74 Å². The van der Waals surface area contributed by atoms with Gasteiger partial charge in [0.15, 0.2) is 11.5 Å². The van der Waals surface area contributed by atoms with Gasteiger partial charge in [0.1, 0.15) is 5.75 Å². The van der Waals surface area contributed by atoms with Crippen molar-refractivity contribution in [1.29, 1.82) is 0 Å². The highest BCUT2D eigenvalue weighted by molar-refractivity contribution is 5.55. The molecule has 2 aromatic rings. The van der Waals surface area contributed by atoms with E-state index < -0.39 is 0 Å². The minimum absolute atomic E-state index is 0.0241. The Morgan fingerprint density at radius 1 is 1.10 bits per heavy atom. The van der Waals surface area contributed by atoms with Crippen LogP contribution in [0.2, 0.25) is 0 Å². The molecule has 0 aliphatic rings. The second-order valence-electron chi connectivity index (χ2n) is 4.55. The first-order chi connectivity index (χ1) is 9.65. The smallest absolute Gasteiger partial charge is 0.160 e. The van der Waals surface area contributed by atoms with Crippen LogP contribution in [0.5, 0.6) is 17.2 Å². The number of anilines is 1. The maximum atomic E-state index is 9.92. The molecule has 0 heterocycles. The Bertz CT molecular complexity index is 584. The fourth-order valence-corrected chi connectivity index (χ4v) is 2.16. The van der Waals surface area contributed by atoms with Gasteiger partial charge in [0, 0.05) is 17.3 Å². The van der Waals surface area contributed by atoms with Crippen LogP contribution in [0.4, 0.5) is 5.69 Å². The first-order valence-electron chi connectivity index (χ1n) is 6.57. The summed E-state index contributed by atoms with van der Waals surface area (Å²) in [5.41, 5.74) is 1.61. The summed E-state index contributed by atoms with van der Waals surface area (Å²) >= 11 is 0. The maximum Gasteiger partial charge on any atom is 0.160 e. The average Bonchev–Trinajstić information content (AvgIpc) is 2.46. The number of phenols is 2. The van der Waals surface area contributed by atoms with Crippen LogP contribution in [0, 0.1) is 0 Å². The van der Waals surface area contributed by atoms with Gasteiger partial charge in [-0.2, -0.15) is 0 Å². The van der Waals surface area contributed by atoms with E-state index >= 15 is 0 Å². The van der Waals surface area contributed by atoms with Crippen molar-refractivity contribution in [3.8, 4) is 17.2 Å². The van der Waals surface area contributed by atoms with Crippen molar-refractivity contribution in [1.82, 2.24) is 0 Å². The third-order valence-corrected chi connectivity index (χ3v) is 3.24. The van der Waals surface area contributed by atoms with Gasteiger partial charge in [-0.05, 0) is 24.6 Å². The maximum absolute atomic E-state index is 9.92. The SMILES string of the molecule is CCC(Nc1ccc(OC)c(O)c1)c1ccccc1O. The summed E-state index contributed by atoms with van der Waals surface area (Å²) in [6, 6.07) is 12.4. The Labute approximate surface area is 118 Å². The van der Waals surface area contributed by atoms with Crippen LogP contribution in [-0.4, -0.2) is 17.3 Å². The average molecular weight is 273 g/mol. The highest BCUT2D eigenvalue weighted by Crippen LogP contribution is 2.33. The topological polar surface area (TPSA) is 61.7 Å². The van der Waals surface area contributed by atoms with Crippen LogP contribution in [0.15, 0.2) is 42.5 Å². The number of ether oxygens (including phenoxy) is 1. The second-order valence-corrected chi connectivity index (χ2v) is 4.55. The highest BCUT2D eigenvalue weighted by Gasteiger charge is 2.13. The Kier molecular flexibility index (Phi) is 4.35. The van der Waals surface area contributed by atoms with Crippen LogP contribution < -0.4 is 10.1 Å². The summed E-state index contributed by atoms with van der Waals surface area (Å²) in [4.78, 5) is 0. The molecule has 1 atom stereocenters. The molecule has 4 heteroatoms. The summed E-state index contributed by atoms with van der Waals surface area (Å²) < 4.78 is 5.02. The Morgan fingerprint density at radius 2 is 1.85 bits per heavy atom. The third-order valence-electron chi connectivity index (χ3n) is 3.24. The van der Waals surface area contributed by atoms with Gasteiger partial charge in [0.05, 0.1) is 13.2 Å². The molecule has 4 nitrogen and oxygen atoms in total.